The second kappa shape index (κ2) is 7.66. The highest BCUT2D eigenvalue weighted by molar-refractivity contribution is 6.31. The normalized spacial score (nSPS) is 13.5. The number of likely N-dealkylation sites (N-methyl/N-ethyl adjacent to an activating group) is 1. The molecule has 0 spiro atoms. The molecule has 0 saturated heterocycles. The smallest absolute Gasteiger partial charge is 0.259 e. The number of methoxy groups -OCH3 is 1. The third-order valence-corrected chi connectivity index (χ3v) is 4.40. The predicted molar refractivity (Wildman–Crippen MR) is 99.5 cm³/mol. The van der Waals surface area contributed by atoms with E-state index in [4.69, 9.17) is 21.1 Å². The molecule has 1 heterocycles. The molecule has 2 aromatic carbocycles. The Balaban J connectivity index is 1.89. The van der Waals surface area contributed by atoms with Crippen molar-refractivity contribution in [2.45, 2.75) is 6.92 Å². The zero-order valence-electron chi connectivity index (χ0n) is 14.5. The summed E-state index contributed by atoms with van der Waals surface area (Å²) in [5, 5.41) is 3.21. The Labute approximate surface area is 156 Å². The van der Waals surface area contributed by atoms with Gasteiger partial charge in [-0.25, -0.2) is 0 Å². The summed E-state index contributed by atoms with van der Waals surface area (Å²) >= 11 is 5.98. The monoisotopic (exact) mass is 374 g/mol. The lowest BCUT2D eigenvalue weighted by molar-refractivity contribution is 0.0764. The van der Waals surface area contributed by atoms with Crippen LogP contribution in [0.15, 0.2) is 36.4 Å². The zero-order valence-corrected chi connectivity index (χ0v) is 15.3. The van der Waals surface area contributed by atoms with Gasteiger partial charge in [0.15, 0.2) is 0 Å². The number of carbonyl (C=O) groups is 2. The summed E-state index contributed by atoms with van der Waals surface area (Å²) in [4.78, 5) is 26.9. The second-order valence-corrected chi connectivity index (χ2v) is 6.18. The molecule has 136 valence electrons. The van der Waals surface area contributed by atoms with Gasteiger partial charge in [-0.1, -0.05) is 11.6 Å². The Morgan fingerprint density at radius 1 is 1.31 bits per heavy atom. The van der Waals surface area contributed by atoms with Gasteiger partial charge in [0.05, 0.1) is 24.8 Å². The number of carbonyl (C=O) groups excluding carboxylic acids is 2. The first-order valence-electron chi connectivity index (χ1n) is 8.24. The number of hydrogen-bond acceptors (Lipinski definition) is 4. The lowest BCUT2D eigenvalue weighted by Gasteiger charge is -2.17. The molecule has 0 saturated carbocycles. The van der Waals surface area contributed by atoms with E-state index in [-0.39, 0.29) is 11.8 Å². The van der Waals surface area contributed by atoms with E-state index in [0.717, 1.165) is 0 Å². The van der Waals surface area contributed by atoms with Crippen molar-refractivity contribution in [1.29, 1.82) is 0 Å². The minimum Gasteiger partial charge on any atom is -0.496 e. The second-order valence-electron chi connectivity index (χ2n) is 5.74. The Hall–Kier alpha value is -2.73. The Morgan fingerprint density at radius 3 is 2.85 bits per heavy atom. The highest BCUT2D eigenvalue weighted by Crippen LogP contribution is 2.28. The number of benzene rings is 2. The van der Waals surface area contributed by atoms with Crippen LogP contribution >= 0.6 is 11.6 Å². The number of nitrogens with one attached hydrogen (secondary N) is 1. The summed E-state index contributed by atoms with van der Waals surface area (Å²) < 4.78 is 10.8. The minimum absolute atomic E-state index is 0.114. The lowest BCUT2D eigenvalue weighted by atomic mass is 10.1. The van der Waals surface area contributed by atoms with E-state index >= 15 is 0 Å². The largest absolute Gasteiger partial charge is 0.496 e. The fraction of sp³-hybridized carbons (Fsp3) is 0.263. The molecule has 0 bridgehead atoms. The fourth-order valence-electron chi connectivity index (χ4n) is 2.80. The number of fused-ring (bicyclic) bond motifs is 1. The van der Waals surface area contributed by atoms with Crippen molar-refractivity contribution in [3.8, 4) is 11.5 Å². The molecule has 0 fully saturated rings. The van der Waals surface area contributed by atoms with Crippen molar-refractivity contribution in [2.24, 2.45) is 0 Å². The van der Waals surface area contributed by atoms with Gasteiger partial charge in [-0.15, -0.1) is 0 Å². The van der Waals surface area contributed by atoms with Crippen LogP contribution in [0.25, 0.3) is 0 Å². The highest BCUT2D eigenvalue weighted by atomic mass is 35.5. The van der Waals surface area contributed by atoms with Crippen molar-refractivity contribution in [2.75, 3.05) is 32.1 Å². The van der Waals surface area contributed by atoms with Crippen LogP contribution in [-0.2, 0) is 0 Å². The SMILES string of the molecule is CCN1CCOc2ccc(NC(=O)c3cc(Cl)ccc3OC)cc2C1=O. The fourth-order valence-corrected chi connectivity index (χ4v) is 2.97. The van der Waals surface area contributed by atoms with Crippen LogP contribution in [0.3, 0.4) is 0 Å². The Bertz CT molecular complexity index is 853. The first kappa shape index (κ1) is 18.1. The maximum atomic E-state index is 12.6. The van der Waals surface area contributed by atoms with Gasteiger partial charge in [0.25, 0.3) is 11.8 Å². The van der Waals surface area contributed by atoms with E-state index in [1.165, 1.54) is 13.2 Å². The molecule has 3 rings (SSSR count). The van der Waals surface area contributed by atoms with Crippen molar-refractivity contribution < 1.29 is 19.1 Å². The molecule has 2 aromatic rings. The molecule has 1 aliphatic heterocycles. The average Bonchev–Trinajstić information content (AvgIpc) is 2.80. The molecule has 26 heavy (non-hydrogen) atoms. The Kier molecular flexibility index (Phi) is 5.32. The molecular weight excluding hydrogens is 356 g/mol. The first-order chi connectivity index (χ1) is 12.5. The van der Waals surface area contributed by atoms with Crippen LogP contribution in [0.4, 0.5) is 5.69 Å². The van der Waals surface area contributed by atoms with Gasteiger partial charge in [0, 0.05) is 17.3 Å². The predicted octanol–water partition coefficient (Wildman–Crippen LogP) is 3.46. The van der Waals surface area contributed by atoms with Crippen molar-refractivity contribution in [1.82, 2.24) is 4.90 Å². The molecule has 0 radical (unpaired) electrons. The third kappa shape index (κ3) is 3.60. The van der Waals surface area contributed by atoms with Gasteiger partial charge in [0.1, 0.15) is 18.1 Å². The minimum atomic E-state index is -0.376. The summed E-state index contributed by atoms with van der Waals surface area (Å²) in [5.41, 5.74) is 1.23. The van der Waals surface area contributed by atoms with Crippen molar-refractivity contribution >= 4 is 29.1 Å². The Morgan fingerprint density at radius 2 is 2.12 bits per heavy atom. The van der Waals surface area contributed by atoms with Gasteiger partial charge in [-0.2, -0.15) is 0 Å². The van der Waals surface area contributed by atoms with Crippen LogP contribution in [0.2, 0.25) is 5.02 Å². The summed E-state index contributed by atoms with van der Waals surface area (Å²) in [5.74, 6) is 0.442. The van der Waals surface area contributed by atoms with E-state index in [9.17, 15) is 9.59 Å². The molecule has 1 aliphatic rings. The van der Waals surface area contributed by atoms with E-state index in [2.05, 4.69) is 5.32 Å². The van der Waals surface area contributed by atoms with Crippen LogP contribution in [0.5, 0.6) is 11.5 Å². The maximum Gasteiger partial charge on any atom is 0.259 e. The van der Waals surface area contributed by atoms with E-state index in [1.54, 1.807) is 35.2 Å². The van der Waals surface area contributed by atoms with E-state index in [1.807, 2.05) is 6.92 Å². The molecule has 7 heteroatoms. The van der Waals surface area contributed by atoms with Crippen LogP contribution in [0.1, 0.15) is 27.6 Å². The summed E-state index contributed by atoms with van der Waals surface area (Å²) in [6.45, 7) is 3.49. The molecule has 6 nitrogen and oxygen atoms in total. The van der Waals surface area contributed by atoms with Gasteiger partial charge >= 0.3 is 0 Å². The summed E-state index contributed by atoms with van der Waals surface area (Å²) in [6, 6.07) is 9.83. The van der Waals surface area contributed by atoms with Gasteiger partial charge in [-0.05, 0) is 43.3 Å². The van der Waals surface area contributed by atoms with Gasteiger partial charge in [-0.3, -0.25) is 9.59 Å². The van der Waals surface area contributed by atoms with Crippen LogP contribution in [-0.4, -0.2) is 43.5 Å². The number of amides is 2. The van der Waals surface area contributed by atoms with Gasteiger partial charge < -0.3 is 19.7 Å². The van der Waals surface area contributed by atoms with Crippen LogP contribution < -0.4 is 14.8 Å². The van der Waals surface area contributed by atoms with E-state index < -0.39 is 0 Å². The number of halogens is 1. The number of ether oxygens (including phenoxy) is 2. The van der Waals surface area contributed by atoms with Crippen molar-refractivity contribution in [3.63, 3.8) is 0 Å². The molecule has 1 N–H and O–H groups in total. The van der Waals surface area contributed by atoms with Crippen LogP contribution in [0, 0.1) is 0 Å². The molecule has 0 atom stereocenters. The molecular formula is C19H19ClN2O4. The first-order valence-corrected chi connectivity index (χ1v) is 8.62. The topological polar surface area (TPSA) is 67.9 Å². The quantitative estimate of drug-likeness (QED) is 0.889. The number of hydrogen-bond donors (Lipinski definition) is 1. The molecule has 0 aromatic heterocycles. The average molecular weight is 375 g/mol. The highest BCUT2D eigenvalue weighted by Gasteiger charge is 2.23. The summed E-state index contributed by atoms with van der Waals surface area (Å²) in [6.07, 6.45) is 0. The molecule has 2 amide bonds. The lowest BCUT2D eigenvalue weighted by Crippen LogP contribution is -2.32. The van der Waals surface area contributed by atoms with Crippen molar-refractivity contribution in [3.05, 3.63) is 52.5 Å². The summed E-state index contributed by atoms with van der Waals surface area (Å²) in [7, 11) is 1.48. The molecule has 0 unspecified atom stereocenters. The third-order valence-electron chi connectivity index (χ3n) is 4.16. The number of rotatable bonds is 4. The standard InChI is InChI=1S/C19H19ClN2O4/c1-3-22-8-9-26-17-7-5-13(11-15(17)19(22)24)21-18(23)14-10-12(20)4-6-16(14)25-2/h4-7,10-11H,3,8-9H2,1-2H3,(H,21,23). The zero-order chi connectivity index (χ0) is 18.7. The maximum absolute atomic E-state index is 12.6. The molecule has 0 aliphatic carbocycles. The van der Waals surface area contributed by atoms with Gasteiger partial charge in [0.2, 0.25) is 0 Å². The number of nitrogens with zero attached hydrogens (tertiary/aromatic N) is 1. The van der Waals surface area contributed by atoms with E-state index in [0.29, 0.717) is 53.0 Å². The number of anilines is 1.